The van der Waals surface area contributed by atoms with E-state index in [9.17, 15) is 4.39 Å². The second kappa shape index (κ2) is 5.20. The van der Waals surface area contributed by atoms with Crippen molar-refractivity contribution >= 4 is 5.65 Å². The molecular weight excluding hydrogens is 241 g/mol. The van der Waals surface area contributed by atoms with Gasteiger partial charge in [0.15, 0.2) is 0 Å². The molecule has 0 fully saturated rings. The number of benzene rings is 1. The minimum atomic E-state index is -0.176. The third-order valence-corrected chi connectivity index (χ3v) is 2.99. The van der Waals surface area contributed by atoms with Gasteiger partial charge in [0.2, 0.25) is 0 Å². The molecule has 0 spiro atoms. The maximum atomic E-state index is 13.4. The lowest BCUT2D eigenvalue weighted by Gasteiger charge is -2.03. The first-order valence-corrected chi connectivity index (χ1v) is 6.20. The summed E-state index contributed by atoms with van der Waals surface area (Å²) in [4.78, 5) is 4.47. The average molecular weight is 255 g/mol. The molecule has 0 aliphatic carbocycles. The standard InChI is InChI=1S/C15H14FN3/c16-14-6-2-1-5-12(14)9-17-10-13-11-19-8-4-3-7-15(19)18-13/h1-8,11,17H,9-10H2. The van der Waals surface area contributed by atoms with Gasteiger partial charge in [0.25, 0.3) is 0 Å². The lowest BCUT2D eigenvalue weighted by molar-refractivity contribution is 0.586. The van der Waals surface area contributed by atoms with E-state index in [1.54, 1.807) is 12.1 Å². The van der Waals surface area contributed by atoms with Crippen LogP contribution in [0.15, 0.2) is 54.9 Å². The Morgan fingerprint density at radius 1 is 1.05 bits per heavy atom. The van der Waals surface area contributed by atoms with Crippen molar-refractivity contribution in [2.45, 2.75) is 13.1 Å². The Bertz CT molecular complexity index is 657. The van der Waals surface area contributed by atoms with Gasteiger partial charge in [-0.1, -0.05) is 24.3 Å². The van der Waals surface area contributed by atoms with Crippen LogP contribution in [0.2, 0.25) is 0 Å². The van der Waals surface area contributed by atoms with Crippen LogP contribution in [0.1, 0.15) is 11.3 Å². The Hall–Kier alpha value is -2.20. The van der Waals surface area contributed by atoms with Crippen LogP contribution in [0, 0.1) is 5.82 Å². The van der Waals surface area contributed by atoms with Crippen molar-refractivity contribution in [2.24, 2.45) is 0 Å². The molecule has 0 amide bonds. The maximum Gasteiger partial charge on any atom is 0.137 e. The van der Waals surface area contributed by atoms with Crippen LogP contribution in [-0.4, -0.2) is 9.38 Å². The summed E-state index contributed by atoms with van der Waals surface area (Å²) in [5.74, 6) is -0.176. The molecule has 0 bridgehead atoms. The molecule has 0 aliphatic heterocycles. The molecule has 3 nitrogen and oxygen atoms in total. The molecular formula is C15H14FN3. The number of rotatable bonds is 4. The molecule has 3 rings (SSSR count). The Kier molecular flexibility index (Phi) is 3.25. The Balaban J connectivity index is 1.65. The molecule has 19 heavy (non-hydrogen) atoms. The zero-order valence-corrected chi connectivity index (χ0v) is 10.4. The highest BCUT2D eigenvalue weighted by molar-refractivity contribution is 5.39. The van der Waals surface area contributed by atoms with Crippen molar-refractivity contribution in [3.63, 3.8) is 0 Å². The van der Waals surface area contributed by atoms with Crippen molar-refractivity contribution in [2.75, 3.05) is 0 Å². The molecule has 1 N–H and O–H groups in total. The highest BCUT2D eigenvalue weighted by Crippen LogP contribution is 2.07. The van der Waals surface area contributed by atoms with Crippen LogP contribution in [-0.2, 0) is 13.1 Å². The quantitative estimate of drug-likeness (QED) is 0.776. The normalized spacial score (nSPS) is 11.0. The number of hydrogen-bond acceptors (Lipinski definition) is 2. The van der Waals surface area contributed by atoms with Gasteiger partial charge in [0.05, 0.1) is 5.69 Å². The van der Waals surface area contributed by atoms with E-state index in [1.165, 1.54) is 6.07 Å². The van der Waals surface area contributed by atoms with Crippen LogP contribution in [0.4, 0.5) is 4.39 Å². The van der Waals surface area contributed by atoms with E-state index < -0.39 is 0 Å². The second-order valence-corrected chi connectivity index (χ2v) is 4.39. The summed E-state index contributed by atoms with van der Waals surface area (Å²) in [7, 11) is 0. The minimum Gasteiger partial charge on any atom is -0.307 e. The zero-order valence-electron chi connectivity index (χ0n) is 10.4. The van der Waals surface area contributed by atoms with Gasteiger partial charge >= 0.3 is 0 Å². The van der Waals surface area contributed by atoms with Crippen LogP contribution in [0.5, 0.6) is 0 Å². The summed E-state index contributed by atoms with van der Waals surface area (Å²) < 4.78 is 15.4. The van der Waals surface area contributed by atoms with Crippen molar-refractivity contribution in [1.82, 2.24) is 14.7 Å². The number of nitrogens with zero attached hydrogens (tertiary/aromatic N) is 2. The Labute approximate surface area is 110 Å². The Morgan fingerprint density at radius 3 is 2.74 bits per heavy atom. The van der Waals surface area contributed by atoms with Crippen LogP contribution < -0.4 is 5.32 Å². The number of nitrogens with one attached hydrogen (secondary N) is 1. The van der Waals surface area contributed by atoms with Gasteiger partial charge < -0.3 is 9.72 Å². The fourth-order valence-electron chi connectivity index (χ4n) is 2.04. The van der Waals surface area contributed by atoms with E-state index >= 15 is 0 Å². The van der Waals surface area contributed by atoms with Gasteiger partial charge in [0, 0.05) is 31.0 Å². The number of imidazole rings is 1. The third kappa shape index (κ3) is 2.63. The van der Waals surface area contributed by atoms with E-state index in [2.05, 4.69) is 10.3 Å². The molecule has 0 unspecified atom stereocenters. The predicted octanol–water partition coefficient (Wildman–Crippen LogP) is 2.76. The average Bonchev–Trinajstić information content (AvgIpc) is 2.83. The maximum absolute atomic E-state index is 13.4. The van der Waals surface area contributed by atoms with E-state index in [0.717, 1.165) is 11.3 Å². The molecule has 2 heterocycles. The second-order valence-electron chi connectivity index (χ2n) is 4.39. The molecule has 3 aromatic rings. The van der Waals surface area contributed by atoms with Crippen molar-refractivity contribution < 1.29 is 4.39 Å². The number of hydrogen-bond donors (Lipinski definition) is 1. The van der Waals surface area contributed by atoms with E-state index in [1.807, 2.05) is 41.1 Å². The number of aromatic nitrogens is 2. The molecule has 0 atom stereocenters. The van der Waals surface area contributed by atoms with Crippen molar-refractivity contribution in [3.05, 3.63) is 71.9 Å². The fourth-order valence-corrected chi connectivity index (χ4v) is 2.04. The molecule has 0 saturated heterocycles. The molecule has 2 aromatic heterocycles. The molecule has 1 aromatic carbocycles. The highest BCUT2D eigenvalue weighted by Gasteiger charge is 2.02. The zero-order chi connectivity index (χ0) is 13.1. The summed E-state index contributed by atoms with van der Waals surface area (Å²) in [5.41, 5.74) is 2.54. The van der Waals surface area contributed by atoms with Gasteiger partial charge in [0.1, 0.15) is 11.5 Å². The first kappa shape index (κ1) is 11.9. The van der Waals surface area contributed by atoms with Gasteiger partial charge in [-0.15, -0.1) is 0 Å². The minimum absolute atomic E-state index is 0.176. The lowest BCUT2D eigenvalue weighted by atomic mass is 10.2. The third-order valence-electron chi connectivity index (χ3n) is 2.99. The first-order chi connectivity index (χ1) is 9.33. The molecule has 0 saturated carbocycles. The van der Waals surface area contributed by atoms with E-state index in [-0.39, 0.29) is 5.82 Å². The molecule has 0 aliphatic rings. The van der Waals surface area contributed by atoms with E-state index in [4.69, 9.17) is 0 Å². The summed E-state index contributed by atoms with van der Waals surface area (Å²) in [6.07, 6.45) is 3.94. The van der Waals surface area contributed by atoms with Gasteiger partial charge in [-0.2, -0.15) is 0 Å². The summed E-state index contributed by atoms with van der Waals surface area (Å²) in [5, 5.41) is 3.20. The highest BCUT2D eigenvalue weighted by atomic mass is 19.1. The van der Waals surface area contributed by atoms with Gasteiger partial charge in [-0.3, -0.25) is 0 Å². The van der Waals surface area contributed by atoms with Crippen LogP contribution in [0.3, 0.4) is 0 Å². The Morgan fingerprint density at radius 2 is 1.89 bits per heavy atom. The van der Waals surface area contributed by atoms with Crippen LogP contribution >= 0.6 is 0 Å². The monoisotopic (exact) mass is 255 g/mol. The topological polar surface area (TPSA) is 29.3 Å². The summed E-state index contributed by atoms with van der Waals surface area (Å²) in [6, 6.07) is 12.7. The number of fused-ring (bicyclic) bond motifs is 1. The number of pyridine rings is 1. The molecule has 96 valence electrons. The van der Waals surface area contributed by atoms with E-state index in [0.29, 0.717) is 18.7 Å². The molecule has 4 heteroatoms. The lowest BCUT2D eigenvalue weighted by Crippen LogP contribution is -2.13. The summed E-state index contributed by atoms with van der Waals surface area (Å²) in [6.45, 7) is 1.12. The fraction of sp³-hybridized carbons (Fsp3) is 0.133. The largest absolute Gasteiger partial charge is 0.307 e. The SMILES string of the molecule is Fc1ccccc1CNCc1cn2ccccc2n1. The predicted molar refractivity (Wildman–Crippen MR) is 72.1 cm³/mol. The first-order valence-electron chi connectivity index (χ1n) is 6.20. The number of halogens is 1. The van der Waals surface area contributed by atoms with Gasteiger partial charge in [-0.05, 0) is 18.2 Å². The van der Waals surface area contributed by atoms with Crippen molar-refractivity contribution in [3.8, 4) is 0 Å². The van der Waals surface area contributed by atoms with Crippen molar-refractivity contribution in [1.29, 1.82) is 0 Å². The summed E-state index contributed by atoms with van der Waals surface area (Å²) >= 11 is 0. The molecule has 0 radical (unpaired) electrons. The van der Waals surface area contributed by atoms with Crippen LogP contribution in [0.25, 0.3) is 5.65 Å². The smallest absolute Gasteiger partial charge is 0.137 e. The van der Waals surface area contributed by atoms with Gasteiger partial charge in [-0.25, -0.2) is 9.37 Å².